The number of aryl methyl sites for hydroxylation is 1. The van der Waals surface area contributed by atoms with Crippen molar-refractivity contribution in [2.45, 2.75) is 13.1 Å². The largest absolute Gasteiger partial charge is 0.416 e. The fourth-order valence-electron chi connectivity index (χ4n) is 2.02. The SMILES string of the molecule is CNc1cc(C(=O)Nc2cc(C(F)(F)F)ccc2Cl)ccc1C. The van der Waals surface area contributed by atoms with Crippen molar-refractivity contribution in [1.29, 1.82) is 0 Å². The van der Waals surface area contributed by atoms with E-state index in [-0.39, 0.29) is 10.7 Å². The quantitative estimate of drug-likeness (QED) is 0.827. The molecule has 3 nitrogen and oxygen atoms in total. The van der Waals surface area contributed by atoms with Crippen molar-refractivity contribution in [3.63, 3.8) is 0 Å². The van der Waals surface area contributed by atoms with E-state index in [1.165, 1.54) is 0 Å². The molecule has 0 saturated heterocycles. The molecule has 0 unspecified atom stereocenters. The van der Waals surface area contributed by atoms with Crippen LogP contribution in [0.25, 0.3) is 0 Å². The number of amides is 1. The highest BCUT2D eigenvalue weighted by molar-refractivity contribution is 6.34. The highest BCUT2D eigenvalue weighted by atomic mass is 35.5. The van der Waals surface area contributed by atoms with Crippen LogP contribution in [0.3, 0.4) is 0 Å². The summed E-state index contributed by atoms with van der Waals surface area (Å²) in [6.45, 7) is 1.87. The van der Waals surface area contributed by atoms with Gasteiger partial charge in [0.2, 0.25) is 0 Å². The maximum absolute atomic E-state index is 12.7. The average molecular weight is 343 g/mol. The molecule has 2 N–H and O–H groups in total. The van der Waals surface area contributed by atoms with E-state index in [0.29, 0.717) is 5.56 Å². The standard InChI is InChI=1S/C16H14ClF3N2O/c1-9-3-4-10(7-13(9)21-2)15(23)22-14-8-11(16(18,19)20)5-6-12(14)17/h3-8,21H,1-2H3,(H,22,23). The Morgan fingerprint density at radius 3 is 2.39 bits per heavy atom. The van der Waals surface area contributed by atoms with Gasteiger partial charge in [0.05, 0.1) is 16.3 Å². The zero-order valence-electron chi connectivity index (χ0n) is 12.4. The molecule has 2 rings (SSSR count). The Morgan fingerprint density at radius 2 is 1.78 bits per heavy atom. The molecule has 0 aliphatic rings. The van der Waals surface area contributed by atoms with Crippen molar-refractivity contribution >= 4 is 28.9 Å². The molecule has 0 aliphatic carbocycles. The van der Waals surface area contributed by atoms with Crippen molar-refractivity contribution < 1.29 is 18.0 Å². The van der Waals surface area contributed by atoms with E-state index < -0.39 is 17.6 Å². The van der Waals surface area contributed by atoms with Gasteiger partial charge in [0.25, 0.3) is 5.91 Å². The van der Waals surface area contributed by atoms with Gasteiger partial charge in [0.15, 0.2) is 0 Å². The predicted molar refractivity (Wildman–Crippen MR) is 85.1 cm³/mol. The van der Waals surface area contributed by atoms with E-state index in [0.717, 1.165) is 29.4 Å². The van der Waals surface area contributed by atoms with E-state index >= 15 is 0 Å². The summed E-state index contributed by atoms with van der Waals surface area (Å²) in [7, 11) is 1.72. The first-order valence-corrected chi connectivity index (χ1v) is 7.06. The van der Waals surface area contributed by atoms with Crippen LogP contribution < -0.4 is 10.6 Å². The lowest BCUT2D eigenvalue weighted by molar-refractivity contribution is -0.137. The number of rotatable bonds is 3. The zero-order chi connectivity index (χ0) is 17.2. The van der Waals surface area contributed by atoms with Gasteiger partial charge in [0.1, 0.15) is 0 Å². The second-order valence-corrected chi connectivity index (χ2v) is 5.33. The molecule has 0 radical (unpaired) electrons. The van der Waals surface area contributed by atoms with Gasteiger partial charge < -0.3 is 10.6 Å². The molecule has 1 amide bonds. The molecule has 0 aliphatic heterocycles. The minimum absolute atomic E-state index is 0.0345. The van der Waals surface area contributed by atoms with Crippen molar-refractivity contribution in [1.82, 2.24) is 0 Å². The van der Waals surface area contributed by atoms with E-state index in [1.54, 1.807) is 25.2 Å². The molecule has 122 valence electrons. The van der Waals surface area contributed by atoms with Crippen LogP contribution in [0.15, 0.2) is 36.4 Å². The number of carbonyl (C=O) groups excluding carboxylic acids is 1. The van der Waals surface area contributed by atoms with Crippen molar-refractivity contribution in [2.24, 2.45) is 0 Å². The summed E-state index contributed by atoms with van der Waals surface area (Å²) in [6, 6.07) is 7.73. The maximum atomic E-state index is 12.7. The first-order valence-electron chi connectivity index (χ1n) is 6.69. The lowest BCUT2D eigenvalue weighted by atomic mass is 10.1. The monoisotopic (exact) mass is 342 g/mol. The highest BCUT2D eigenvalue weighted by Gasteiger charge is 2.31. The van der Waals surface area contributed by atoms with Crippen LogP contribution in [0.1, 0.15) is 21.5 Å². The molecule has 0 atom stereocenters. The molecule has 2 aromatic carbocycles. The number of nitrogens with one attached hydrogen (secondary N) is 2. The van der Waals surface area contributed by atoms with Crippen molar-refractivity contribution in [2.75, 3.05) is 17.7 Å². The smallest absolute Gasteiger partial charge is 0.388 e. The van der Waals surface area contributed by atoms with Crippen LogP contribution in [0.2, 0.25) is 5.02 Å². The third-order valence-electron chi connectivity index (χ3n) is 3.31. The molecular weight excluding hydrogens is 329 g/mol. The lowest BCUT2D eigenvalue weighted by Gasteiger charge is -2.12. The fraction of sp³-hybridized carbons (Fsp3) is 0.188. The molecule has 0 fully saturated rings. The fourth-order valence-corrected chi connectivity index (χ4v) is 2.19. The van der Waals surface area contributed by atoms with Crippen molar-refractivity contribution in [3.8, 4) is 0 Å². The molecule has 23 heavy (non-hydrogen) atoms. The van der Waals surface area contributed by atoms with Crippen LogP contribution in [0, 0.1) is 6.92 Å². The number of hydrogen-bond acceptors (Lipinski definition) is 2. The third kappa shape index (κ3) is 3.96. The Labute approximate surface area is 136 Å². The summed E-state index contributed by atoms with van der Waals surface area (Å²) in [5.74, 6) is -0.539. The van der Waals surface area contributed by atoms with Gasteiger partial charge in [-0.2, -0.15) is 13.2 Å². The molecule has 0 bridgehead atoms. The van der Waals surface area contributed by atoms with Crippen LogP contribution >= 0.6 is 11.6 Å². The van der Waals surface area contributed by atoms with E-state index in [4.69, 9.17) is 11.6 Å². The van der Waals surface area contributed by atoms with E-state index in [9.17, 15) is 18.0 Å². The second-order valence-electron chi connectivity index (χ2n) is 4.93. The van der Waals surface area contributed by atoms with Crippen LogP contribution in [-0.4, -0.2) is 13.0 Å². The highest BCUT2D eigenvalue weighted by Crippen LogP contribution is 2.34. The van der Waals surface area contributed by atoms with Gasteiger partial charge in [0, 0.05) is 18.3 Å². The molecular formula is C16H14ClF3N2O. The normalized spacial score (nSPS) is 11.2. The van der Waals surface area contributed by atoms with E-state index in [1.807, 2.05) is 6.92 Å². The molecule has 0 aromatic heterocycles. The minimum atomic E-state index is -4.51. The Bertz CT molecular complexity index is 745. The Balaban J connectivity index is 2.30. The zero-order valence-corrected chi connectivity index (χ0v) is 13.1. The predicted octanol–water partition coefficient (Wildman–Crippen LogP) is 4.96. The number of anilines is 2. The van der Waals surface area contributed by atoms with E-state index in [2.05, 4.69) is 10.6 Å². The van der Waals surface area contributed by atoms with Crippen molar-refractivity contribution in [3.05, 3.63) is 58.1 Å². The second kappa shape index (κ2) is 6.50. The Hall–Kier alpha value is -2.21. The molecule has 7 heteroatoms. The average Bonchev–Trinajstić information content (AvgIpc) is 2.48. The topological polar surface area (TPSA) is 41.1 Å². The maximum Gasteiger partial charge on any atom is 0.416 e. The Morgan fingerprint density at radius 1 is 1.09 bits per heavy atom. The van der Waals surface area contributed by atoms with Gasteiger partial charge in [-0.3, -0.25) is 4.79 Å². The molecule has 2 aromatic rings. The van der Waals surface area contributed by atoms with Gasteiger partial charge in [-0.15, -0.1) is 0 Å². The first kappa shape index (κ1) is 17.1. The summed E-state index contributed by atoms with van der Waals surface area (Å²) >= 11 is 5.87. The minimum Gasteiger partial charge on any atom is -0.388 e. The van der Waals surface area contributed by atoms with Crippen LogP contribution in [0.4, 0.5) is 24.5 Å². The Kier molecular flexibility index (Phi) is 4.85. The summed E-state index contributed by atoms with van der Waals surface area (Å²) < 4.78 is 38.2. The molecule has 0 spiro atoms. The number of halogens is 4. The van der Waals surface area contributed by atoms with Gasteiger partial charge >= 0.3 is 6.18 Å². The van der Waals surface area contributed by atoms with Gasteiger partial charge in [-0.25, -0.2) is 0 Å². The number of hydrogen-bond donors (Lipinski definition) is 2. The molecule has 0 heterocycles. The third-order valence-corrected chi connectivity index (χ3v) is 3.64. The number of carbonyl (C=O) groups is 1. The number of alkyl halides is 3. The lowest BCUT2D eigenvalue weighted by Crippen LogP contribution is -2.14. The molecule has 0 saturated carbocycles. The van der Waals surface area contributed by atoms with Gasteiger partial charge in [-0.1, -0.05) is 17.7 Å². The van der Waals surface area contributed by atoms with Crippen LogP contribution in [0.5, 0.6) is 0 Å². The summed E-state index contributed by atoms with van der Waals surface area (Å²) in [4.78, 5) is 12.2. The summed E-state index contributed by atoms with van der Waals surface area (Å²) in [5.41, 5.74) is 1.05. The summed E-state index contributed by atoms with van der Waals surface area (Å²) in [6.07, 6.45) is -4.51. The van der Waals surface area contributed by atoms with Crippen LogP contribution in [-0.2, 0) is 6.18 Å². The first-order chi connectivity index (χ1) is 10.7. The number of benzene rings is 2. The summed E-state index contributed by atoms with van der Waals surface area (Å²) in [5, 5.41) is 5.39. The van der Waals surface area contributed by atoms with Gasteiger partial charge in [-0.05, 0) is 42.8 Å².